The number of hydrogen-bond acceptors (Lipinski definition) is 1. The molecule has 4 heteroatoms. The topological polar surface area (TPSA) is 37.3 Å². The van der Waals surface area contributed by atoms with E-state index in [0.717, 1.165) is 0 Å². The quantitative estimate of drug-likeness (QED) is 0.566. The minimum atomic E-state index is -0.757. The third-order valence-corrected chi connectivity index (χ3v) is 0.642. The van der Waals surface area contributed by atoms with Crippen molar-refractivity contribution in [1.29, 1.82) is 0 Å². The fraction of sp³-hybridized carbons (Fsp3) is 0.800. The van der Waals surface area contributed by atoms with Crippen LogP contribution in [0.2, 0.25) is 0 Å². The van der Waals surface area contributed by atoms with E-state index in [2.05, 4.69) is 0 Å². The molecular formula is C5H10ClO2Re-. The summed E-state index contributed by atoms with van der Waals surface area (Å²) in [6.07, 6.45) is 0. The molecule has 1 N–H and O–H groups in total. The van der Waals surface area contributed by atoms with Gasteiger partial charge >= 0.3 is 5.97 Å². The summed E-state index contributed by atoms with van der Waals surface area (Å²) in [5, 5.41) is 8.25. The zero-order valence-corrected chi connectivity index (χ0v) is 9.08. The van der Waals surface area contributed by atoms with Crippen LogP contribution >= 0.6 is 0 Å². The summed E-state index contributed by atoms with van der Waals surface area (Å²) in [7, 11) is 0. The third kappa shape index (κ3) is 8.42. The SMILES string of the molecule is CC(C)(C)C(=O)O.[Cl-].[Re]. The van der Waals surface area contributed by atoms with E-state index in [1.165, 1.54) is 0 Å². The van der Waals surface area contributed by atoms with Crippen LogP contribution in [0.3, 0.4) is 0 Å². The van der Waals surface area contributed by atoms with Gasteiger partial charge in [-0.05, 0) is 20.8 Å². The number of aliphatic carboxylic acids is 1. The van der Waals surface area contributed by atoms with E-state index in [1.807, 2.05) is 0 Å². The zero-order chi connectivity index (χ0) is 6.08. The molecule has 0 aliphatic rings. The molecule has 2 nitrogen and oxygen atoms in total. The number of carboxylic acids is 1. The third-order valence-electron chi connectivity index (χ3n) is 0.642. The van der Waals surface area contributed by atoms with Crippen LogP contribution in [-0.2, 0) is 25.2 Å². The van der Waals surface area contributed by atoms with Crippen molar-refractivity contribution in [2.45, 2.75) is 20.8 Å². The molecule has 0 aliphatic carbocycles. The molecular weight excluding hydrogens is 314 g/mol. The molecule has 0 fully saturated rings. The summed E-state index contributed by atoms with van der Waals surface area (Å²) in [5.74, 6) is -0.757. The second kappa shape index (κ2) is 5.23. The molecule has 0 unspecified atom stereocenters. The average molecular weight is 324 g/mol. The van der Waals surface area contributed by atoms with Crippen LogP contribution in [0.15, 0.2) is 0 Å². The molecule has 0 aromatic carbocycles. The Kier molecular flexibility index (Phi) is 9.41. The predicted octanol–water partition coefficient (Wildman–Crippen LogP) is -1.88. The van der Waals surface area contributed by atoms with E-state index < -0.39 is 11.4 Å². The first kappa shape index (κ1) is 16.2. The van der Waals surface area contributed by atoms with Crippen molar-refractivity contribution >= 4 is 5.97 Å². The van der Waals surface area contributed by atoms with E-state index in [0.29, 0.717) is 0 Å². The average Bonchev–Trinajstić information content (AvgIpc) is 1.31. The summed E-state index contributed by atoms with van der Waals surface area (Å²) in [6.45, 7) is 4.99. The fourth-order valence-electron chi connectivity index (χ4n) is 0. The van der Waals surface area contributed by atoms with Gasteiger partial charge in [0, 0.05) is 20.4 Å². The Hall–Kier alpha value is 0.422. The van der Waals surface area contributed by atoms with Crippen LogP contribution in [0.5, 0.6) is 0 Å². The normalized spacial score (nSPS) is 8.78. The number of rotatable bonds is 0. The first-order valence-electron chi connectivity index (χ1n) is 2.18. The fourth-order valence-corrected chi connectivity index (χ4v) is 0. The van der Waals surface area contributed by atoms with Gasteiger partial charge in [0.15, 0.2) is 0 Å². The summed E-state index contributed by atoms with van der Waals surface area (Å²) in [4.78, 5) is 10.0. The molecule has 0 aliphatic heterocycles. The maximum absolute atomic E-state index is 10.0. The molecule has 9 heavy (non-hydrogen) atoms. The van der Waals surface area contributed by atoms with Crippen molar-refractivity contribution in [1.82, 2.24) is 0 Å². The number of carbonyl (C=O) groups is 1. The van der Waals surface area contributed by atoms with Gasteiger partial charge in [-0.3, -0.25) is 4.79 Å². The van der Waals surface area contributed by atoms with E-state index in [4.69, 9.17) is 5.11 Å². The Morgan fingerprint density at radius 2 is 1.44 bits per heavy atom. The Bertz CT molecular complexity index is 87.4. The second-order valence-corrected chi connectivity index (χ2v) is 2.56. The van der Waals surface area contributed by atoms with Gasteiger partial charge in [0.1, 0.15) is 0 Å². The van der Waals surface area contributed by atoms with Gasteiger partial charge in [0.2, 0.25) is 0 Å². The van der Waals surface area contributed by atoms with Crippen molar-refractivity contribution in [3.05, 3.63) is 0 Å². The number of carboxylic acid groups (broad SMARTS) is 1. The molecule has 0 saturated carbocycles. The maximum atomic E-state index is 10.0. The smallest absolute Gasteiger partial charge is 0.308 e. The van der Waals surface area contributed by atoms with E-state index >= 15 is 0 Å². The first-order valence-corrected chi connectivity index (χ1v) is 2.18. The molecule has 1 radical (unpaired) electrons. The predicted molar refractivity (Wildman–Crippen MR) is 27.1 cm³/mol. The Balaban J connectivity index is -0.000000180. The van der Waals surface area contributed by atoms with Gasteiger partial charge < -0.3 is 17.5 Å². The van der Waals surface area contributed by atoms with Gasteiger partial charge in [-0.1, -0.05) is 0 Å². The largest absolute Gasteiger partial charge is 1.00 e. The van der Waals surface area contributed by atoms with E-state index in [9.17, 15) is 4.79 Å². The molecule has 0 atom stereocenters. The molecule has 0 heterocycles. The molecule has 0 amide bonds. The van der Waals surface area contributed by atoms with Crippen LogP contribution in [0.4, 0.5) is 0 Å². The van der Waals surface area contributed by atoms with Gasteiger partial charge in [-0.15, -0.1) is 0 Å². The monoisotopic (exact) mass is 324 g/mol. The van der Waals surface area contributed by atoms with Crippen molar-refractivity contribution in [3.8, 4) is 0 Å². The minimum absolute atomic E-state index is 0. The van der Waals surface area contributed by atoms with Crippen molar-refractivity contribution in [2.24, 2.45) is 5.41 Å². The van der Waals surface area contributed by atoms with Crippen LogP contribution in [-0.4, -0.2) is 11.1 Å². The van der Waals surface area contributed by atoms with Crippen LogP contribution in [0, 0.1) is 5.41 Å². The molecule has 0 aromatic rings. The van der Waals surface area contributed by atoms with Gasteiger partial charge in [0.05, 0.1) is 5.41 Å². The molecule has 0 saturated heterocycles. The Morgan fingerprint density at radius 1 is 1.33 bits per heavy atom. The summed E-state index contributed by atoms with van der Waals surface area (Å²) < 4.78 is 0. The molecule has 0 rings (SSSR count). The summed E-state index contributed by atoms with van der Waals surface area (Å²) >= 11 is 0. The molecule has 57 valence electrons. The Morgan fingerprint density at radius 3 is 1.44 bits per heavy atom. The van der Waals surface area contributed by atoms with E-state index in [1.54, 1.807) is 20.8 Å². The molecule has 0 spiro atoms. The second-order valence-electron chi connectivity index (χ2n) is 2.56. The van der Waals surface area contributed by atoms with Gasteiger partial charge in [0.25, 0.3) is 0 Å². The Labute approximate surface area is 75.1 Å². The minimum Gasteiger partial charge on any atom is -1.00 e. The maximum Gasteiger partial charge on any atom is 0.308 e. The summed E-state index contributed by atoms with van der Waals surface area (Å²) in [6, 6.07) is 0. The molecule has 0 bridgehead atoms. The van der Waals surface area contributed by atoms with Crippen molar-refractivity contribution in [2.75, 3.05) is 0 Å². The van der Waals surface area contributed by atoms with Crippen LogP contribution < -0.4 is 12.4 Å². The summed E-state index contributed by atoms with van der Waals surface area (Å²) in [5.41, 5.74) is -0.583. The number of halogens is 1. The van der Waals surface area contributed by atoms with E-state index in [-0.39, 0.29) is 32.8 Å². The van der Waals surface area contributed by atoms with Crippen LogP contribution in [0.25, 0.3) is 0 Å². The number of hydrogen-bond donors (Lipinski definition) is 1. The van der Waals surface area contributed by atoms with Crippen LogP contribution in [0.1, 0.15) is 20.8 Å². The zero-order valence-electron chi connectivity index (χ0n) is 5.61. The molecule has 0 aromatic heterocycles. The van der Waals surface area contributed by atoms with Crippen molar-refractivity contribution < 1.29 is 42.7 Å². The first-order chi connectivity index (χ1) is 2.94. The van der Waals surface area contributed by atoms with Crippen molar-refractivity contribution in [3.63, 3.8) is 0 Å². The van der Waals surface area contributed by atoms with Gasteiger partial charge in [-0.2, -0.15) is 0 Å². The standard InChI is InChI=1S/C5H10O2.ClH.Re/c1-5(2,3)4(6)7;;/h1-3H3,(H,6,7);1H;/p-1. The van der Waals surface area contributed by atoms with Gasteiger partial charge in [-0.25, -0.2) is 0 Å².